The lowest BCUT2D eigenvalue weighted by molar-refractivity contribution is -0.141. The van der Waals surface area contributed by atoms with Crippen molar-refractivity contribution < 1.29 is 14.6 Å². The van der Waals surface area contributed by atoms with Gasteiger partial charge in [0.1, 0.15) is 0 Å². The minimum absolute atomic E-state index is 0.210. The SMILES string of the molecule is CC(=O)OCCC(C)CCCC(C)(C)O. The molecule has 0 aliphatic rings. The summed E-state index contributed by atoms with van der Waals surface area (Å²) in [6.45, 7) is 7.75. The summed E-state index contributed by atoms with van der Waals surface area (Å²) in [5.41, 5.74) is -0.560. The summed E-state index contributed by atoms with van der Waals surface area (Å²) < 4.78 is 4.87. The van der Waals surface area contributed by atoms with Crippen molar-refractivity contribution in [3.8, 4) is 0 Å². The Morgan fingerprint density at radius 3 is 2.47 bits per heavy atom. The first-order chi connectivity index (χ1) is 6.81. The second-order valence-corrected chi connectivity index (χ2v) is 4.94. The number of hydrogen-bond donors (Lipinski definition) is 1. The van der Waals surface area contributed by atoms with Gasteiger partial charge in [0.2, 0.25) is 0 Å². The molecule has 0 aromatic carbocycles. The molecule has 0 aromatic rings. The molecule has 0 heterocycles. The van der Waals surface area contributed by atoms with E-state index in [0.29, 0.717) is 12.5 Å². The lowest BCUT2D eigenvalue weighted by atomic mass is 9.95. The standard InChI is InChI=1S/C12H24O3/c1-10(7-9-15-11(2)13)6-5-8-12(3,4)14/h10,14H,5-9H2,1-4H3. The summed E-state index contributed by atoms with van der Waals surface area (Å²) >= 11 is 0. The third-order valence-corrected chi connectivity index (χ3v) is 2.40. The Labute approximate surface area is 92.8 Å². The van der Waals surface area contributed by atoms with Gasteiger partial charge in [0, 0.05) is 6.92 Å². The molecule has 0 aromatic heterocycles. The van der Waals surface area contributed by atoms with Crippen LogP contribution in [0.5, 0.6) is 0 Å². The number of carbonyl (C=O) groups excluding carboxylic acids is 1. The molecule has 0 amide bonds. The average Bonchev–Trinajstić information content (AvgIpc) is 2.00. The van der Waals surface area contributed by atoms with E-state index in [1.807, 2.05) is 13.8 Å². The molecular formula is C12H24O3. The van der Waals surface area contributed by atoms with Crippen LogP contribution in [0.3, 0.4) is 0 Å². The maximum Gasteiger partial charge on any atom is 0.302 e. The maximum atomic E-state index is 10.5. The van der Waals surface area contributed by atoms with E-state index in [-0.39, 0.29) is 5.97 Å². The predicted molar refractivity (Wildman–Crippen MR) is 60.6 cm³/mol. The Kier molecular flexibility index (Phi) is 6.57. The summed E-state index contributed by atoms with van der Waals surface area (Å²) in [6, 6.07) is 0. The molecule has 0 aliphatic heterocycles. The molecule has 0 saturated heterocycles. The summed E-state index contributed by atoms with van der Waals surface area (Å²) in [6.07, 6.45) is 3.83. The smallest absolute Gasteiger partial charge is 0.302 e. The molecule has 0 spiro atoms. The van der Waals surface area contributed by atoms with Gasteiger partial charge in [0.05, 0.1) is 12.2 Å². The molecule has 0 rings (SSSR count). The van der Waals surface area contributed by atoms with Crippen LogP contribution in [-0.2, 0) is 9.53 Å². The summed E-state index contributed by atoms with van der Waals surface area (Å²) in [5.74, 6) is 0.338. The second kappa shape index (κ2) is 6.83. The minimum Gasteiger partial charge on any atom is -0.466 e. The molecule has 3 nitrogen and oxygen atoms in total. The number of carbonyl (C=O) groups is 1. The van der Waals surface area contributed by atoms with Gasteiger partial charge in [0.15, 0.2) is 0 Å². The number of rotatable bonds is 7. The van der Waals surface area contributed by atoms with E-state index in [4.69, 9.17) is 4.74 Å². The first-order valence-electron chi connectivity index (χ1n) is 5.67. The van der Waals surface area contributed by atoms with Gasteiger partial charge in [-0.05, 0) is 32.6 Å². The average molecular weight is 216 g/mol. The van der Waals surface area contributed by atoms with Crippen LogP contribution in [0.15, 0.2) is 0 Å². The molecule has 0 radical (unpaired) electrons. The zero-order valence-electron chi connectivity index (χ0n) is 10.4. The third kappa shape index (κ3) is 11.4. The van der Waals surface area contributed by atoms with Crippen molar-refractivity contribution in [1.29, 1.82) is 0 Å². The molecule has 90 valence electrons. The van der Waals surface area contributed by atoms with Gasteiger partial charge in [-0.25, -0.2) is 0 Å². The molecule has 0 saturated carbocycles. The van der Waals surface area contributed by atoms with Crippen LogP contribution in [0.1, 0.15) is 53.4 Å². The van der Waals surface area contributed by atoms with Gasteiger partial charge in [0.25, 0.3) is 0 Å². The van der Waals surface area contributed by atoms with E-state index in [1.165, 1.54) is 6.92 Å². The molecule has 3 heteroatoms. The third-order valence-electron chi connectivity index (χ3n) is 2.40. The molecule has 1 unspecified atom stereocenters. The maximum absolute atomic E-state index is 10.5. The quantitative estimate of drug-likeness (QED) is 0.665. The Hall–Kier alpha value is -0.570. The zero-order chi connectivity index (χ0) is 11.9. The van der Waals surface area contributed by atoms with E-state index < -0.39 is 5.60 Å². The molecule has 15 heavy (non-hydrogen) atoms. The van der Waals surface area contributed by atoms with Crippen LogP contribution in [0.2, 0.25) is 0 Å². The number of hydrogen-bond acceptors (Lipinski definition) is 3. The van der Waals surface area contributed by atoms with E-state index in [1.54, 1.807) is 0 Å². The molecule has 0 aliphatic carbocycles. The van der Waals surface area contributed by atoms with Gasteiger partial charge in [-0.3, -0.25) is 4.79 Å². The normalized spacial score (nSPS) is 13.7. The van der Waals surface area contributed by atoms with Crippen molar-refractivity contribution in [2.75, 3.05) is 6.61 Å². The highest BCUT2D eigenvalue weighted by Gasteiger charge is 2.12. The molecule has 1 N–H and O–H groups in total. The second-order valence-electron chi connectivity index (χ2n) is 4.94. The van der Waals surface area contributed by atoms with E-state index in [2.05, 4.69) is 6.92 Å². The fourth-order valence-corrected chi connectivity index (χ4v) is 1.43. The van der Waals surface area contributed by atoms with Gasteiger partial charge < -0.3 is 9.84 Å². The Morgan fingerprint density at radius 1 is 1.40 bits per heavy atom. The van der Waals surface area contributed by atoms with Gasteiger partial charge in [-0.15, -0.1) is 0 Å². The monoisotopic (exact) mass is 216 g/mol. The molecular weight excluding hydrogens is 192 g/mol. The van der Waals surface area contributed by atoms with E-state index in [0.717, 1.165) is 25.7 Å². The van der Waals surface area contributed by atoms with E-state index >= 15 is 0 Å². The first-order valence-corrected chi connectivity index (χ1v) is 5.67. The Bertz CT molecular complexity index is 182. The zero-order valence-corrected chi connectivity index (χ0v) is 10.4. The minimum atomic E-state index is -0.560. The van der Waals surface area contributed by atoms with Crippen molar-refractivity contribution in [3.05, 3.63) is 0 Å². The highest BCUT2D eigenvalue weighted by Crippen LogP contribution is 2.17. The van der Waals surface area contributed by atoms with Crippen LogP contribution in [0, 0.1) is 5.92 Å². The Balaban J connectivity index is 3.41. The molecule has 0 fully saturated rings. The molecule has 1 atom stereocenters. The van der Waals surface area contributed by atoms with Crippen LogP contribution in [0.25, 0.3) is 0 Å². The summed E-state index contributed by atoms with van der Waals surface area (Å²) in [4.78, 5) is 10.5. The Morgan fingerprint density at radius 2 is 2.00 bits per heavy atom. The largest absolute Gasteiger partial charge is 0.466 e. The lowest BCUT2D eigenvalue weighted by Crippen LogP contribution is -2.18. The lowest BCUT2D eigenvalue weighted by Gasteiger charge is -2.18. The predicted octanol–water partition coefficient (Wildman–Crippen LogP) is 2.52. The number of esters is 1. The van der Waals surface area contributed by atoms with Gasteiger partial charge in [-0.1, -0.05) is 19.8 Å². The fourth-order valence-electron chi connectivity index (χ4n) is 1.43. The topological polar surface area (TPSA) is 46.5 Å². The van der Waals surface area contributed by atoms with Gasteiger partial charge >= 0.3 is 5.97 Å². The van der Waals surface area contributed by atoms with Crippen LogP contribution in [-0.4, -0.2) is 23.3 Å². The molecule has 0 bridgehead atoms. The number of ether oxygens (including phenoxy) is 1. The van der Waals surface area contributed by atoms with Crippen molar-refractivity contribution >= 4 is 5.97 Å². The van der Waals surface area contributed by atoms with Crippen molar-refractivity contribution in [2.45, 2.75) is 59.0 Å². The van der Waals surface area contributed by atoms with Crippen LogP contribution >= 0.6 is 0 Å². The highest BCUT2D eigenvalue weighted by molar-refractivity contribution is 5.65. The number of aliphatic hydroxyl groups is 1. The highest BCUT2D eigenvalue weighted by atomic mass is 16.5. The summed E-state index contributed by atoms with van der Waals surface area (Å²) in [5, 5.41) is 9.51. The van der Waals surface area contributed by atoms with Gasteiger partial charge in [-0.2, -0.15) is 0 Å². The van der Waals surface area contributed by atoms with Crippen molar-refractivity contribution in [2.24, 2.45) is 5.92 Å². The van der Waals surface area contributed by atoms with Crippen LogP contribution < -0.4 is 0 Å². The van der Waals surface area contributed by atoms with E-state index in [9.17, 15) is 9.90 Å². The van der Waals surface area contributed by atoms with Crippen molar-refractivity contribution in [1.82, 2.24) is 0 Å². The summed E-state index contributed by atoms with van der Waals surface area (Å²) in [7, 11) is 0. The van der Waals surface area contributed by atoms with Crippen molar-refractivity contribution in [3.63, 3.8) is 0 Å². The first kappa shape index (κ1) is 14.4. The van der Waals surface area contributed by atoms with Crippen LogP contribution in [0.4, 0.5) is 0 Å². The fraction of sp³-hybridized carbons (Fsp3) is 0.917.